The Bertz CT molecular complexity index is 620. The highest BCUT2D eigenvalue weighted by Crippen LogP contribution is 2.34. The molecular formula is C17H21FN2O3. The zero-order valence-corrected chi connectivity index (χ0v) is 13.2. The van der Waals surface area contributed by atoms with Crippen molar-refractivity contribution in [1.29, 1.82) is 0 Å². The standard InChI is InChI=1S/C17H21FN2O3/c1-11(21)20-8-3-4-12(10-20)17(22)19-15-7-9-23-16-13(15)5-2-6-14(16)18/h2,5-6,12,15H,3-4,7-10H2,1H3,(H,19,22)/t12?,15-/m0/s1. The maximum atomic E-state index is 13.8. The molecule has 5 nitrogen and oxygen atoms in total. The van der Waals surface area contributed by atoms with Crippen LogP contribution >= 0.6 is 0 Å². The molecule has 6 heteroatoms. The molecule has 0 bridgehead atoms. The summed E-state index contributed by atoms with van der Waals surface area (Å²) in [5, 5.41) is 3.01. The second-order valence-corrected chi connectivity index (χ2v) is 6.16. The fourth-order valence-electron chi connectivity index (χ4n) is 3.30. The number of hydrogen-bond acceptors (Lipinski definition) is 3. The number of hydrogen-bond donors (Lipinski definition) is 1. The third-order valence-corrected chi connectivity index (χ3v) is 4.58. The van der Waals surface area contributed by atoms with Crippen molar-refractivity contribution in [2.45, 2.75) is 32.2 Å². The van der Waals surface area contributed by atoms with Gasteiger partial charge in [-0.05, 0) is 18.9 Å². The van der Waals surface area contributed by atoms with Crippen molar-refractivity contribution in [2.24, 2.45) is 5.92 Å². The minimum Gasteiger partial charge on any atom is -0.490 e. The number of benzene rings is 1. The Kier molecular flexibility index (Phi) is 4.50. The molecule has 0 radical (unpaired) electrons. The lowest BCUT2D eigenvalue weighted by atomic mass is 9.95. The van der Waals surface area contributed by atoms with Crippen molar-refractivity contribution in [3.05, 3.63) is 29.6 Å². The number of fused-ring (bicyclic) bond motifs is 1. The molecule has 0 aromatic heterocycles. The zero-order valence-electron chi connectivity index (χ0n) is 13.2. The summed E-state index contributed by atoms with van der Waals surface area (Å²) in [6.45, 7) is 3.08. The largest absolute Gasteiger partial charge is 0.490 e. The fraction of sp³-hybridized carbons (Fsp3) is 0.529. The summed E-state index contributed by atoms with van der Waals surface area (Å²) in [5.41, 5.74) is 0.684. The van der Waals surface area contributed by atoms with Crippen LogP contribution in [-0.4, -0.2) is 36.4 Å². The van der Waals surface area contributed by atoms with Crippen LogP contribution in [0.2, 0.25) is 0 Å². The van der Waals surface area contributed by atoms with E-state index < -0.39 is 5.82 Å². The minimum atomic E-state index is -0.401. The molecule has 0 aliphatic carbocycles. The molecule has 0 spiro atoms. The number of halogens is 1. The lowest BCUT2D eigenvalue weighted by Gasteiger charge is -2.33. The Balaban J connectivity index is 1.69. The van der Waals surface area contributed by atoms with E-state index >= 15 is 0 Å². The van der Waals surface area contributed by atoms with Gasteiger partial charge in [0.15, 0.2) is 11.6 Å². The average molecular weight is 320 g/mol. The summed E-state index contributed by atoms with van der Waals surface area (Å²) in [5.74, 6) is -0.438. The number of carbonyl (C=O) groups excluding carboxylic acids is 2. The van der Waals surface area contributed by atoms with E-state index in [4.69, 9.17) is 4.74 Å². The molecule has 1 fully saturated rings. The van der Waals surface area contributed by atoms with E-state index in [9.17, 15) is 14.0 Å². The van der Waals surface area contributed by atoms with Gasteiger partial charge in [0.1, 0.15) is 0 Å². The molecule has 3 rings (SSSR count). The summed E-state index contributed by atoms with van der Waals surface area (Å²) in [4.78, 5) is 25.8. The lowest BCUT2D eigenvalue weighted by molar-refractivity contribution is -0.134. The number of nitrogens with zero attached hydrogens (tertiary/aromatic N) is 1. The molecule has 2 amide bonds. The molecule has 1 aromatic carbocycles. The summed E-state index contributed by atoms with van der Waals surface area (Å²) >= 11 is 0. The first-order chi connectivity index (χ1) is 11.1. The van der Waals surface area contributed by atoms with Crippen LogP contribution in [0, 0.1) is 11.7 Å². The summed E-state index contributed by atoms with van der Waals surface area (Å²) in [7, 11) is 0. The van der Waals surface area contributed by atoms with Gasteiger partial charge >= 0.3 is 0 Å². The van der Waals surface area contributed by atoms with E-state index in [2.05, 4.69) is 5.32 Å². The van der Waals surface area contributed by atoms with E-state index in [1.165, 1.54) is 13.0 Å². The Labute approximate surface area is 134 Å². The molecule has 2 heterocycles. The highest BCUT2D eigenvalue weighted by atomic mass is 19.1. The molecule has 2 aliphatic heterocycles. The van der Waals surface area contributed by atoms with Crippen molar-refractivity contribution in [2.75, 3.05) is 19.7 Å². The first-order valence-corrected chi connectivity index (χ1v) is 8.03. The molecule has 1 saturated heterocycles. The Morgan fingerprint density at radius 2 is 2.17 bits per heavy atom. The molecule has 1 N–H and O–H groups in total. The number of ether oxygens (including phenoxy) is 1. The van der Waals surface area contributed by atoms with Gasteiger partial charge in [-0.15, -0.1) is 0 Å². The van der Waals surface area contributed by atoms with Gasteiger partial charge in [0, 0.05) is 32.0 Å². The van der Waals surface area contributed by atoms with E-state index in [0.29, 0.717) is 31.7 Å². The third-order valence-electron chi connectivity index (χ3n) is 4.58. The Morgan fingerprint density at radius 3 is 2.96 bits per heavy atom. The van der Waals surface area contributed by atoms with Crippen LogP contribution in [0.3, 0.4) is 0 Å². The van der Waals surface area contributed by atoms with Crippen LogP contribution in [0.4, 0.5) is 4.39 Å². The maximum absolute atomic E-state index is 13.8. The normalized spacial score (nSPS) is 23.7. The average Bonchev–Trinajstić information content (AvgIpc) is 2.56. The van der Waals surface area contributed by atoms with Crippen molar-refractivity contribution >= 4 is 11.8 Å². The molecule has 2 aliphatic rings. The van der Waals surface area contributed by atoms with Crippen LogP contribution in [0.1, 0.15) is 37.8 Å². The minimum absolute atomic E-state index is 0.000910. The predicted molar refractivity (Wildman–Crippen MR) is 82.4 cm³/mol. The third kappa shape index (κ3) is 3.30. The van der Waals surface area contributed by atoms with Crippen molar-refractivity contribution in [1.82, 2.24) is 10.2 Å². The number of likely N-dealkylation sites (tertiary alicyclic amines) is 1. The second kappa shape index (κ2) is 6.56. The maximum Gasteiger partial charge on any atom is 0.225 e. The van der Waals surface area contributed by atoms with Gasteiger partial charge in [-0.1, -0.05) is 12.1 Å². The second-order valence-electron chi connectivity index (χ2n) is 6.16. The molecule has 23 heavy (non-hydrogen) atoms. The number of piperidine rings is 1. The van der Waals surface area contributed by atoms with Crippen LogP contribution < -0.4 is 10.1 Å². The van der Waals surface area contributed by atoms with Crippen LogP contribution in [0.25, 0.3) is 0 Å². The van der Waals surface area contributed by atoms with E-state index in [0.717, 1.165) is 12.8 Å². The van der Waals surface area contributed by atoms with Crippen LogP contribution in [0.15, 0.2) is 18.2 Å². The number of nitrogens with one attached hydrogen (secondary N) is 1. The Hall–Kier alpha value is -2.11. The summed E-state index contributed by atoms with van der Waals surface area (Å²) in [6, 6.07) is 4.52. The van der Waals surface area contributed by atoms with Crippen molar-refractivity contribution < 1.29 is 18.7 Å². The number of amides is 2. The number of para-hydroxylation sites is 1. The summed E-state index contributed by atoms with van der Waals surface area (Å²) in [6.07, 6.45) is 2.22. The topological polar surface area (TPSA) is 58.6 Å². The SMILES string of the molecule is CC(=O)N1CCCC(C(=O)N[C@H]2CCOc3c(F)cccc32)C1. The monoisotopic (exact) mass is 320 g/mol. The molecule has 1 aromatic rings. The first-order valence-electron chi connectivity index (χ1n) is 8.03. The van der Waals surface area contributed by atoms with Gasteiger partial charge in [0.25, 0.3) is 0 Å². The van der Waals surface area contributed by atoms with E-state index in [1.807, 2.05) is 0 Å². The molecule has 0 saturated carbocycles. The highest BCUT2D eigenvalue weighted by Gasteiger charge is 2.31. The zero-order chi connectivity index (χ0) is 16.4. The van der Waals surface area contributed by atoms with Gasteiger partial charge in [0.2, 0.25) is 11.8 Å². The lowest BCUT2D eigenvalue weighted by Crippen LogP contribution is -2.45. The van der Waals surface area contributed by atoms with E-state index in [1.54, 1.807) is 17.0 Å². The molecule has 124 valence electrons. The summed E-state index contributed by atoms with van der Waals surface area (Å²) < 4.78 is 19.2. The van der Waals surface area contributed by atoms with Gasteiger partial charge in [-0.25, -0.2) is 4.39 Å². The van der Waals surface area contributed by atoms with Crippen molar-refractivity contribution in [3.63, 3.8) is 0 Å². The predicted octanol–water partition coefficient (Wildman–Crippen LogP) is 2.02. The molecule has 1 unspecified atom stereocenters. The highest BCUT2D eigenvalue weighted by molar-refractivity contribution is 5.81. The van der Waals surface area contributed by atoms with Gasteiger partial charge < -0.3 is 15.0 Å². The fourth-order valence-corrected chi connectivity index (χ4v) is 3.30. The van der Waals surface area contributed by atoms with Gasteiger partial charge in [0.05, 0.1) is 18.6 Å². The number of carbonyl (C=O) groups is 2. The molecule has 2 atom stereocenters. The van der Waals surface area contributed by atoms with Gasteiger partial charge in [-0.3, -0.25) is 9.59 Å². The smallest absolute Gasteiger partial charge is 0.225 e. The van der Waals surface area contributed by atoms with Crippen LogP contribution in [-0.2, 0) is 9.59 Å². The van der Waals surface area contributed by atoms with Crippen molar-refractivity contribution in [3.8, 4) is 5.75 Å². The quantitative estimate of drug-likeness (QED) is 0.907. The van der Waals surface area contributed by atoms with Gasteiger partial charge in [-0.2, -0.15) is 0 Å². The van der Waals surface area contributed by atoms with Crippen LogP contribution in [0.5, 0.6) is 5.75 Å². The molecular weight excluding hydrogens is 299 g/mol. The number of rotatable bonds is 2. The first kappa shape index (κ1) is 15.8. The van der Waals surface area contributed by atoms with E-state index in [-0.39, 0.29) is 29.5 Å². The Morgan fingerprint density at radius 1 is 1.35 bits per heavy atom.